The fourth-order valence-corrected chi connectivity index (χ4v) is 3.74. The Morgan fingerprint density at radius 1 is 1.21 bits per heavy atom. The minimum Gasteiger partial charge on any atom is -0.396 e. The molecule has 1 aliphatic carbocycles. The van der Waals surface area contributed by atoms with Crippen LogP contribution in [0, 0.1) is 6.92 Å². The second kappa shape index (κ2) is 5.37. The van der Waals surface area contributed by atoms with Gasteiger partial charge in [-0.2, -0.15) is 5.10 Å². The summed E-state index contributed by atoms with van der Waals surface area (Å²) in [5.41, 5.74) is 7.92. The zero-order valence-corrected chi connectivity index (χ0v) is 12.2. The molecule has 102 valence electrons. The first-order chi connectivity index (χ1) is 9.24. The van der Waals surface area contributed by atoms with Crippen LogP contribution < -0.4 is 5.73 Å². The number of aryl methyl sites for hydroxylation is 1. The Bertz CT molecular complexity index is 547. The SMILES string of the molecule is Cc1ccc(-c2nn(C3CCCCCC3)cc2N)s1. The minimum atomic E-state index is 0.541. The van der Waals surface area contributed by atoms with E-state index in [0.29, 0.717) is 6.04 Å². The van der Waals surface area contributed by atoms with Crippen LogP contribution in [0.5, 0.6) is 0 Å². The molecule has 0 unspecified atom stereocenters. The fourth-order valence-electron chi connectivity index (χ4n) is 2.87. The highest BCUT2D eigenvalue weighted by atomic mass is 32.1. The summed E-state index contributed by atoms with van der Waals surface area (Å²) >= 11 is 1.76. The number of aromatic nitrogens is 2. The van der Waals surface area contributed by atoms with Crippen molar-refractivity contribution in [2.45, 2.75) is 51.5 Å². The Balaban J connectivity index is 1.88. The lowest BCUT2D eigenvalue weighted by Crippen LogP contribution is -2.08. The largest absolute Gasteiger partial charge is 0.396 e. The van der Waals surface area contributed by atoms with Gasteiger partial charge in [0.25, 0.3) is 0 Å². The number of rotatable bonds is 2. The van der Waals surface area contributed by atoms with Gasteiger partial charge in [-0.05, 0) is 31.9 Å². The maximum absolute atomic E-state index is 6.15. The molecule has 0 radical (unpaired) electrons. The number of hydrogen-bond donors (Lipinski definition) is 1. The number of nitrogen functional groups attached to an aromatic ring is 1. The number of anilines is 1. The van der Waals surface area contributed by atoms with Gasteiger partial charge in [0.2, 0.25) is 0 Å². The van der Waals surface area contributed by atoms with Crippen LogP contribution in [-0.2, 0) is 0 Å². The predicted octanol–water partition coefficient (Wildman–Crippen LogP) is 4.40. The van der Waals surface area contributed by atoms with Crippen LogP contribution in [0.15, 0.2) is 18.3 Å². The maximum atomic E-state index is 6.15. The maximum Gasteiger partial charge on any atom is 0.125 e. The lowest BCUT2D eigenvalue weighted by molar-refractivity contribution is 0.406. The van der Waals surface area contributed by atoms with Gasteiger partial charge in [-0.1, -0.05) is 25.7 Å². The summed E-state index contributed by atoms with van der Waals surface area (Å²) in [6.45, 7) is 2.12. The van der Waals surface area contributed by atoms with Crippen LogP contribution in [0.3, 0.4) is 0 Å². The molecule has 0 bridgehead atoms. The summed E-state index contributed by atoms with van der Waals surface area (Å²) in [7, 11) is 0. The molecular formula is C15H21N3S. The lowest BCUT2D eigenvalue weighted by Gasteiger charge is -2.14. The second-order valence-corrected chi connectivity index (χ2v) is 6.76. The van der Waals surface area contributed by atoms with Crippen LogP contribution in [0.1, 0.15) is 49.4 Å². The molecule has 1 saturated carbocycles. The van der Waals surface area contributed by atoms with Gasteiger partial charge in [-0.15, -0.1) is 11.3 Å². The molecule has 0 aromatic carbocycles. The van der Waals surface area contributed by atoms with Crippen molar-refractivity contribution in [3.8, 4) is 10.6 Å². The normalized spacial score (nSPS) is 17.5. The number of hydrogen-bond acceptors (Lipinski definition) is 3. The van der Waals surface area contributed by atoms with E-state index in [0.717, 1.165) is 11.4 Å². The van der Waals surface area contributed by atoms with Gasteiger partial charge in [0.05, 0.1) is 16.6 Å². The van der Waals surface area contributed by atoms with Gasteiger partial charge in [0, 0.05) is 11.1 Å². The van der Waals surface area contributed by atoms with Crippen LogP contribution >= 0.6 is 11.3 Å². The molecule has 2 N–H and O–H groups in total. The van der Waals surface area contributed by atoms with Crippen LogP contribution in [0.2, 0.25) is 0 Å². The Labute approximate surface area is 118 Å². The zero-order valence-electron chi connectivity index (χ0n) is 11.4. The Morgan fingerprint density at radius 3 is 2.58 bits per heavy atom. The van der Waals surface area contributed by atoms with E-state index in [2.05, 4.69) is 23.7 Å². The summed E-state index contributed by atoms with van der Waals surface area (Å²) in [6.07, 6.45) is 9.87. The van der Waals surface area contributed by atoms with Crippen molar-refractivity contribution in [3.05, 3.63) is 23.2 Å². The third-order valence-electron chi connectivity index (χ3n) is 3.93. The van der Waals surface area contributed by atoms with E-state index in [-0.39, 0.29) is 0 Å². The van der Waals surface area contributed by atoms with Crippen molar-refractivity contribution in [1.29, 1.82) is 0 Å². The third-order valence-corrected chi connectivity index (χ3v) is 4.94. The zero-order chi connectivity index (χ0) is 13.2. The van der Waals surface area contributed by atoms with E-state index in [1.54, 1.807) is 11.3 Å². The smallest absolute Gasteiger partial charge is 0.125 e. The van der Waals surface area contributed by atoms with E-state index >= 15 is 0 Å². The first-order valence-electron chi connectivity index (χ1n) is 7.15. The third kappa shape index (κ3) is 2.68. The molecule has 1 aliphatic rings. The summed E-state index contributed by atoms with van der Waals surface area (Å²) in [5, 5.41) is 4.76. The Hall–Kier alpha value is -1.29. The van der Waals surface area contributed by atoms with Crippen LogP contribution in [0.4, 0.5) is 5.69 Å². The summed E-state index contributed by atoms with van der Waals surface area (Å²) in [4.78, 5) is 2.49. The molecule has 2 aromatic rings. The van der Waals surface area contributed by atoms with Crippen molar-refractivity contribution in [1.82, 2.24) is 9.78 Å². The van der Waals surface area contributed by atoms with Crippen molar-refractivity contribution in [2.75, 3.05) is 5.73 Å². The highest BCUT2D eigenvalue weighted by Crippen LogP contribution is 2.33. The fraction of sp³-hybridized carbons (Fsp3) is 0.533. The van der Waals surface area contributed by atoms with Crippen LogP contribution in [-0.4, -0.2) is 9.78 Å². The molecule has 0 spiro atoms. The molecule has 1 fully saturated rings. The monoisotopic (exact) mass is 275 g/mol. The summed E-state index contributed by atoms with van der Waals surface area (Å²) < 4.78 is 2.12. The van der Waals surface area contributed by atoms with Crippen molar-refractivity contribution < 1.29 is 0 Å². The van der Waals surface area contributed by atoms with E-state index in [1.165, 1.54) is 48.3 Å². The van der Waals surface area contributed by atoms with E-state index < -0.39 is 0 Å². The molecule has 2 heterocycles. The molecule has 0 amide bonds. The summed E-state index contributed by atoms with van der Waals surface area (Å²) in [5.74, 6) is 0. The molecule has 0 atom stereocenters. The molecule has 0 aliphatic heterocycles. The second-order valence-electron chi connectivity index (χ2n) is 5.47. The van der Waals surface area contributed by atoms with Gasteiger partial charge < -0.3 is 5.73 Å². The standard InChI is InChI=1S/C15H21N3S/c1-11-8-9-14(19-11)15-13(16)10-18(17-15)12-6-4-2-3-5-7-12/h8-10,12H,2-7,16H2,1H3. The highest BCUT2D eigenvalue weighted by molar-refractivity contribution is 7.15. The van der Waals surface area contributed by atoms with Gasteiger partial charge in [0.15, 0.2) is 0 Å². The predicted molar refractivity (Wildman–Crippen MR) is 81.4 cm³/mol. The molecular weight excluding hydrogens is 254 g/mol. The van der Waals surface area contributed by atoms with Gasteiger partial charge in [-0.3, -0.25) is 4.68 Å². The van der Waals surface area contributed by atoms with Gasteiger partial charge >= 0.3 is 0 Å². The molecule has 3 rings (SSSR count). The number of nitrogens with zero attached hydrogens (tertiary/aromatic N) is 2. The van der Waals surface area contributed by atoms with Crippen molar-refractivity contribution in [3.63, 3.8) is 0 Å². The minimum absolute atomic E-state index is 0.541. The topological polar surface area (TPSA) is 43.8 Å². The van der Waals surface area contributed by atoms with E-state index in [1.807, 2.05) is 6.20 Å². The molecule has 2 aromatic heterocycles. The number of nitrogens with two attached hydrogens (primary N) is 1. The molecule has 0 saturated heterocycles. The average Bonchev–Trinajstić information content (AvgIpc) is 2.86. The van der Waals surface area contributed by atoms with E-state index in [4.69, 9.17) is 10.8 Å². The lowest BCUT2D eigenvalue weighted by atomic mass is 10.1. The molecule has 4 heteroatoms. The van der Waals surface area contributed by atoms with E-state index in [9.17, 15) is 0 Å². The molecule has 3 nitrogen and oxygen atoms in total. The number of thiophene rings is 1. The molecule has 19 heavy (non-hydrogen) atoms. The van der Waals surface area contributed by atoms with Gasteiger partial charge in [-0.25, -0.2) is 0 Å². The highest BCUT2D eigenvalue weighted by Gasteiger charge is 2.18. The van der Waals surface area contributed by atoms with Crippen molar-refractivity contribution in [2.24, 2.45) is 0 Å². The first kappa shape index (κ1) is 12.7. The Morgan fingerprint density at radius 2 is 1.95 bits per heavy atom. The van der Waals surface area contributed by atoms with Gasteiger partial charge in [0.1, 0.15) is 5.69 Å². The average molecular weight is 275 g/mol. The quantitative estimate of drug-likeness (QED) is 0.826. The van der Waals surface area contributed by atoms with Crippen molar-refractivity contribution >= 4 is 17.0 Å². The first-order valence-corrected chi connectivity index (χ1v) is 7.97. The Kier molecular flexibility index (Phi) is 3.60. The summed E-state index contributed by atoms with van der Waals surface area (Å²) in [6, 6.07) is 4.79. The van der Waals surface area contributed by atoms with Crippen LogP contribution in [0.25, 0.3) is 10.6 Å².